The first-order valence-electron chi connectivity index (χ1n) is 8.03. The molecule has 1 aromatic rings. The van der Waals surface area contributed by atoms with Gasteiger partial charge in [0.2, 0.25) is 11.8 Å². The van der Waals surface area contributed by atoms with Crippen molar-refractivity contribution in [1.29, 1.82) is 0 Å². The third-order valence-electron chi connectivity index (χ3n) is 4.26. The predicted molar refractivity (Wildman–Crippen MR) is 88.0 cm³/mol. The number of nitrogens with two attached hydrogens (primary N) is 2. The van der Waals surface area contributed by atoms with E-state index in [1.165, 1.54) is 0 Å². The lowest BCUT2D eigenvalue weighted by Gasteiger charge is -2.34. The maximum absolute atomic E-state index is 12.3. The van der Waals surface area contributed by atoms with Gasteiger partial charge in [0.1, 0.15) is 5.75 Å². The number of amides is 2. The highest BCUT2D eigenvalue weighted by Crippen LogP contribution is 2.19. The molecule has 0 radical (unpaired) electrons. The van der Waals surface area contributed by atoms with Gasteiger partial charge in [-0.25, -0.2) is 0 Å². The zero-order valence-electron chi connectivity index (χ0n) is 13.5. The molecule has 2 unspecified atom stereocenters. The van der Waals surface area contributed by atoms with E-state index in [1.807, 2.05) is 11.8 Å². The molecule has 1 aromatic carbocycles. The van der Waals surface area contributed by atoms with Crippen LogP contribution in [-0.4, -0.2) is 42.5 Å². The second kappa shape index (κ2) is 7.97. The van der Waals surface area contributed by atoms with Gasteiger partial charge in [0, 0.05) is 24.7 Å². The molecule has 6 heteroatoms. The third kappa shape index (κ3) is 4.96. The first-order chi connectivity index (χ1) is 11.0. The Hall–Kier alpha value is -2.08. The van der Waals surface area contributed by atoms with E-state index in [0.717, 1.165) is 25.9 Å². The smallest absolute Gasteiger partial charge is 0.248 e. The van der Waals surface area contributed by atoms with Gasteiger partial charge in [0.25, 0.3) is 0 Å². The summed E-state index contributed by atoms with van der Waals surface area (Å²) in [7, 11) is 0. The summed E-state index contributed by atoms with van der Waals surface area (Å²) < 4.78 is 5.55. The predicted octanol–water partition coefficient (Wildman–Crippen LogP) is 1.14. The SMILES string of the molecule is CC(N)C1CCCN(C(=O)CCOc2cccc(C(N)=O)c2)C1. The molecule has 1 fully saturated rings. The number of hydrogen-bond acceptors (Lipinski definition) is 4. The highest BCUT2D eigenvalue weighted by Gasteiger charge is 2.25. The normalized spacial score (nSPS) is 19.2. The van der Waals surface area contributed by atoms with Crippen molar-refractivity contribution >= 4 is 11.8 Å². The Morgan fingerprint density at radius 2 is 2.22 bits per heavy atom. The van der Waals surface area contributed by atoms with Gasteiger partial charge < -0.3 is 21.1 Å². The Labute approximate surface area is 136 Å². The summed E-state index contributed by atoms with van der Waals surface area (Å²) in [5.41, 5.74) is 11.6. The largest absolute Gasteiger partial charge is 0.493 e. The average molecular weight is 319 g/mol. The van der Waals surface area contributed by atoms with Crippen molar-refractivity contribution < 1.29 is 14.3 Å². The lowest BCUT2D eigenvalue weighted by molar-refractivity contribution is -0.133. The second-order valence-electron chi connectivity index (χ2n) is 6.09. The van der Waals surface area contributed by atoms with Gasteiger partial charge in [-0.1, -0.05) is 6.07 Å². The first kappa shape index (κ1) is 17.3. The Balaban J connectivity index is 1.80. The number of ether oxygens (including phenoxy) is 1. The molecule has 0 aliphatic carbocycles. The van der Waals surface area contributed by atoms with Gasteiger partial charge in [-0.05, 0) is 43.9 Å². The molecule has 2 rings (SSSR count). The molecule has 0 saturated carbocycles. The number of piperidine rings is 1. The standard InChI is InChI=1S/C17H25N3O3/c1-12(18)14-5-3-8-20(11-14)16(21)7-9-23-15-6-2-4-13(10-15)17(19)22/h2,4,6,10,12,14H,3,5,7-9,11,18H2,1H3,(H2,19,22). The second-order valence-corrected chi connectivity index (χ2v) is 6.09. The van der Waals surface area contributed by atoms with Gasteiger partial charge in [0.15, 0.2) is 0 Å². The number of nitrogens with zero attached hydrogens (tertiary/aromatic N) is 1. The summed E-state index contributed by atoms with van der Waals surface area (Å²) in [6.45, 7) is 3.79. The number of hydrogen-bond donors (Lipinski definition) is 2. The number of likely N-dealkylation sites (tertiary alicyclic amines) is 1. The first-order valence-corrected chi connectivity index (χ1v) is 8.03. The Bertz CT molecular complexity index is 560. The fourth-order valence-corrected chi connectivity index (χ4v) is 2.82. The van der Waals surface area contributed by atoms with Gasteiger partial charge in [-0.15, -0.1) is 0 Å². The molecule has 126 valence electrons. The molecular weight excluding hydrogens is 294 g/mol. The van der Waals surface area contributed by atoms with Crippen LogP contribution in [0.1, 0.15) is 36.5 Å². The van der Waals surface area contributed by atoms with E-state index in [0.29, 0.717) is 23.7 Å². The highest BCUT2D eigenvalue weighted by atomic mass is 16.5. The molecule has 2 amide bonds. The van der Waals surface area contributed by atoms with Crippen LogP contribution in [0, 0.1) is 5.92 Å². The summed E-state index contributed by atoms with van der Waals surface area (Å²) in [4.78, 5) is 25.3. The third-order valence-corrected chi connectivity index (χ3v) is 4.26. The van der Waals surface area contributed by atoms with Crippen molar-refractivity contribution in [2.45, 2.75) is 32.2 Å². The average Bonchev–Trinajstić information content (AvgIpc) is 2.55. The molecule has 1 aliphatic rings. The van der Waals surface area contributed by atoms with Gasteiger partial charge in [-0.3, -0.25) is 9.59 Å². The summed E-state index contributed by atoms with van der Waals surface area (Å²) in [5, 5.41) is 0. The number of carbonyl (C=O) groups excluding carboxylic acids is 2. The minimum atomic E-state index is -0.498. The topological polar surface area (TPSA) is 98.7 Å². The summed E-state index contributed by atoms with van der Waals surface area (Å²) in [6.07, 6.45) is 2.39. The molecular formula is C17H25N3O3. The van der Waals surface area contributed by atoms with Crippen LogP contribution in [0.2, 0.25) is 0 Å². The quantitative estimate of drug-likeness (QED) is 0.821. The van der Waals surface area contributed by atoms with Crippen molar-refractivity contribution in [3.8, 4) is 5.75 Å². The number of rotatable bonds is 6. The summed E-state index contributed by atoms with van der Waals surface area (Å²) >= 11 is 0. The number of primary amides is 1. The molecule has 1 saturated heterocycles. The molecule has 0 aromatic heterocycles. The zero-order chi connectivity index (χ0) is 16.8. The molecule has 2 atom stereocenters. The van der Waals surface area contributed by atoms with Crippen LogP contribution < -0.4 is 16.2 Å². The van der Waals surface area contributed by atoms with E-state index in [2.05, 4.69) is 0 Å². The van der Waals surface area contributed by atoms with Crippen molar-refractivity contribution in [2.75, 3.05) is 19.7 Å². The Kier molecular flexibility index (Phi) is 5.98. The van der Waals surface area contributed by atoms with Gasteiger partial charge in [-0.2, -0.15) is 0 Å². The van der Waals surface area contributed by atoms with Gasteiger partial charge >= 0.3 is 0 Å². The fraction of sp³-hybridized carbons (Fsp3) is 0.529. The van der Waals surface area contributed by atoms with Crippen LogP contribution >= 0.6 is 0 Å². The number of benzene rings is 1. The lowest BCUT2D eigenvalue weighted by Crippen LogP contribution is -2.45. The lowest BCUT2D eigenvalue weighted by atomic mass is 9.92. The maximum Gasteiger partial charge on any atom is 0.248 e. The van der Waals surface area contributed by atoms with Crippen LogP contribution in [0.3, 0.4) is 0 Å². The van der Waals surface area contributed by atoms with Crippen LogP contribution in [0.25, 0.3) is 0 Å². The van der Waals surface area contributed by atoms with Crippen LogP contribution in [0.5, 0.6) is 5.75 Å². The summed E-state index contributed by atoms with van der Waals surface area (Å²) in [6, 6.07) is 6.76. The molecule has 4 N–H and O–H groups in total. The highest BCUT2D eigenvalue weighted by molar-refractivity contribution is 5.93. The van der Waals surface area contributed by atoms with E-state index < -0.39 is 5.91 Å². The van der Waals surface area contributed by atoms with Crippen molar-refractivity contribution in [2.24, 2.45) is 17.4 Å². The molecule has 1 aliphatic heterocycles. The van der Waals surface area contributed by atoms with Crippen molar-refractivity contribution in [3.05, 3.63) is 29.8 Å². The van der Waals surface area contributed by atoms with E-state index >= 15 is 0 Å². The zero-order valence-corrected chi connectivity index (χ0v) is 13.5. The molecule has 6 nitrogen and oxygen atoms in total. The van der Waals surface area contributed by atoms with E-state index in [9.17, 15) is 9.59 Å². The Morgan fingerprint density at radius 3 is 2.91 bits per heavy atom. The summed E-state index contributed by atoms with van der Waals surface area (Å²) in [5.74, 6) is 0.505. The maximum atomic E-state index is 12.3. The van der Waals surface area contributed by atoms with E-state index in [1.54, 1.807) is 24.3 Å². The monoisotopic (exact) mass is 319 g/mol. The van der Waals surface area contributed by atoms with E-state index in [4.69, 9.17) is 16.2 Å². The molecule has 1 heterocycles. The van der Waals surface area contributed by atoms with Crippen LogP contribution in [0.4, 0.5) is 0 Å². The molecule has 23 heavy (non-hydrogen) atoms. The fourth-order valence-electron chi connectivity index (χ4n) is 2.82. The van der Waals surface area contributed by atoms with Crippen LogP contribution in [-0.2, 0) is 4.79 Å². The van der Waals surface area contributed by atoms with Crippen molar-refractivity contribution in [3.63, 3.8) is 0 Å². The Morgan fingerprint density at radius 1 is 1.43 bits per heavy atom. The van der Waals surface area contributed by atoms with Gasteiger partial charge in [0.05, 0.1) is 13.0 Å². The van der Waals surface area contributed by atoms with Crippen molar-refractivity contribution in [1.82, 2.24) is 4.90 Å². The van der Waals surface area contributed by atoms with E-state index in [-0.39, 0.29) is 18.6 Å². The minimum Gasteiger partial charge on any atom is -0.493 e. The molecule has 0 bridgehead atoms. The number of carbonyl (C=O) groups is 2. The minimum absolute atomic E-state index is 0.0846. The molecule has 0 spiro atoms. The van der Waals surface area contributed by atoms with Crippen LogP contribution in [0.15, 0.2) is 24.3 Å².